The first kappa shape index (κ1) is 23.5. The van der Waals surface area contributed by atoms with Crippen LogP contribution in [0.15, 0.2) is 35.4 Å². The zero-order valence-electron chi connectivity index (χ0n) is 19.2. The van der Waals surface area contributed by atoms with E-state index in [1.165, 1.54) is 25.1 Å². The molecule has 4 rings (SSSR count). The number of carboxylic acid groups (broad SMARTS) is 1. The van der Waals surface area contributed by atoms with Crippen LogP contribution in [-0.4, -0.2) is 62.1 Å². The fourth-order valence-electron chi connectivity index (χ4n) is 4.75. The van der Waals surface area contributed by atoms with Crippen LogP contribution in [0.4, 0.5) is 11.5 Å². The predicted octanol–water partition coefficient (Wildman–Crippen LogP) is 3.51. The van der Waals surface area contributed by atoms with Crippen LogP contribution in [0.3, 0.4) is 0 Å². The number of nitrogens with zero attached hydrogens (tertiary/aromatic N) is 3. The fraction of sp³-hybridized carbons (Fsp3) is 0.500. The smallest absolute Gasteiger partial charge is 0.339 e. The maximum Gasteiger partial charge on any atom is 0.339 e. The number of benzene rings is 1. The van der Waals surface area contributed by atoms with Crippen molar-refractivity contribution in [3.63, 3.8) is 0 Å². The molecule has 33 heavy (non-hydrogen) atoms. The lowest BCUT2D eigenvalue weighted by molar-refractivity contribution is 0.0697. The number of nitrogens with one attached hydrogen (secondary N) is 1. The second-order valence-corrected chi connectivity index (χ2v) is 10.9. The van der Waals surface area contributed by atoms with Gasteiger partial charge in [0.15, 0.2) is 0 Å². The highest BCUT2D eigenvalue weighted by Gasteiger charge is 2.27. The van der Waals surface area contributed by atoms with Gasteiger partial charge in [-0.3, -0.25) is 4.72 Å². The molecule has 1 aromatic heterocycles. The summed E-state index contributed by atoms with van der Waals surface area (Å²) in [4.78, 5) is 21.1. The van der Waals surface area contributed by atoms with Crippen molar-refractivity contribution in [1.29, 1.82) is 0 Å². The number of likely N-dealkylation sites (tertiary alicyclic amines) is 1. The molecule has 178 valence electrons. The average Bonchev–Trinajstić information content (AvgIpc) is 3.28. The van der Waals surface area contributed by atoms with E-state index in [1.54, 1.807) is 18.2 Å². The molecule has 0 amide bonds. The predicted molar refractivity (Wildman–Crippen MR) is 129 cm³/mol. The van der Waals surface area contributed by atoms with Gasteiger partial charge in [0.25, 0.3) is 10.0 Å². The van der Waals surface area contributed by atoms with Gasteiger partial charge in [-0.2, -0.15) is 0 Å². The third kappa shape index (κ3) is 5.47. The van der Waals surface area contributed by atoms with Crippen LogP contribution < -0.4 is 9.62 Å². The van der Waals surface area contributed by atoms with E-state index in [-0.39, 0.29) is 16.1 Å². The van der Waals surface area contributed by atoms with Crippen LogP contribution in [0.1, 0.15) is 47.2 Å². The number of aromatic carboxylic acids is 1. The summed E-state index contributed by atoms with van der Waals surface area (Å²) in [5.74, 6) is -0.239. The highest BCUT2D eigenvalue weighted by molar-refractivity contribution is 7.92. The summed E-state index contributed by atoms with van der Waals surface area (Å²) in [5.41, 5.74) is 2.01. The summed E-state index contributed by atoms with van der Waals surface area (Å²) < 4.78 is 28.2. The minimum Gasteiger partial charge on any atom is -0.478 e. The lowest BCUT2D eigenvalue weighted by Crippen LogP contribution is -2.41. The van der Waals surface area contributed by atoms with Crippen molar-refractivity contribution in [1.82, 2.24) is 9.88 Å². The molecule has 0 aliphatic carbocycles. The lowest BCUT2D eigenvalue weighted by Gasteiger charge is -2.36. The number of anilines is 2. The highest BCUT2D eigenvalue weighted by atomic mass is 32.2. The third-order valence-electron chi connectivity index (χ3n) is 6.67. The van der Waals surface area contributed by atoms with Gasteiger partial charge in [-0.05, 0) is 87.9 Å². The van der Waals surface area contributed by atoms with Gasteiger partial charge in [-0.1, -0.05) is 6.07 Å². The number of sulfonamides is 1. The van der Waals surface area contributed by atoms with E-state index in [2.05, 4.69) is 14.6 Å². The molecule has 8 nitrogen and oxygen atoms in total. The number of carbonyl (C=O) groups is 1. The van der Waals surface area contributed by atoms with Gasteiger partial charge in [0, 0.05) is 19.6 Å². The standard InChI is InChI=1S/C24H32N4O4S/c1-17-7-8-21(12-18(17)2)33(31,32)26-20-13-22(24(29)30)23(25-14-20)28-11-5-6-19(16-28)15-27-9-3-4-10-27/h7-8,12-14,19,26H,3-6,9-11,15-16H2,1-2H3,(H,29,30)/t19-/m0/s1. The Labute approximate surface area is 195 Å². The number of aromatic nitrogens is 1. The van der Waals surface area contributed by atoms with Gasteiger partial charge in [-0.25, -0.2) is 18.2 Å². The molecule has 2 aromatic rings. The third-order valence-corrected chi connectivity index (χ3v) is 8.05. The molecule has 0 unspecified atom stereocenters. The summed E-state index contributed by atoms with van der Waals surface area (Å²) >= 11 is 0. The molecule has 9 heteroatoms. The van der Waals surface area contributed by atoms with E-state index >= 15 is 0 Å². The van der Waals surface area contributed by atoms with E-state index in [4.69, 9.17) is 0 Å². The van der Waals surface area contributed by atoms with Crippen molar-refractivity contribution < 1.29 is 18.3 Å². The molecular formula is C24H32N4O4S. The second kappa shape index (κ2) is 9.69. The van der Waals surface area contributed by atoms with E-state index < -0.39 is 16.0 Å². The number of aryl methyl sites for hydroxylation is 2. The summed E-state index contributed by atoms with van der Waals surface area (Å²) in [7, 11) is -3.86. The summed E-state index contributed by atoms with van der Waals surface area (Å²) in [5, 5.41) is 9.85. The molecule has 3 heterocycles. The highest BCUT2D eigenvalue weighted by Crippen LogP contribution is 2.28. The zero-order valence-corrected chi connectivity index (χ0v) is 20.1. The van der Waals surface area contributed by atoms with Crippen LogP contribution in [0.2, 0.25) is 0 Å². The minimum absolute atomic E-state index is 0.0112. The average molecular weight is 473 g/mol. The van der Waals surface area contributed by atoms with Gasteiger partial charge in [-0.15, -0.1) is 0 Å². The molecule has 1 atom stereocenters. The molecule has 1 aromatic carbocycles. The number of hydrogen-bond acceptors (Lipinski definition) is 6. The number of pyridine rings is 1. The van der Waals surface area contributed by atoms with Crippen LogP contribution in [0.5, 0.6) is 0 Å². The molecular weight excluding hydrogens is 440 g/mol. The Morgan fingerprint density at radius 3 is 2.58 bits per heavy atom. The Balaban J connectivity index is 1.53. The van der Waals surface area contributed by atoms with E-state index in [9.17, 15) is 18.3 Å². The molecule has 2 fully saturated rings. The minimum atomic E-state index is -3.86. The number of carboxylic acids is 1. The molecule has 2 aliphatic heterocycles. The Hall–Kier alpha value is -2.65. The molecule has 0 radical (unpaired) electrons. The monoisotopic (exact) mass is 472 g/mol. The maximum absolute atomic E-state index is 12.8. The summed E-state index contributed by atoms with van der Waals surface area (Å²) in [6.45, 7) is 8.59. The number of rotatable bonds is 7. The van der Waals surface area contributed by atoms with E-state index in [0.717, 1.165) is 56.7 Å². The van der Waals surface area contributed by atoms with Crippen molar-refractivity contribution in [3.05, 3.63) is 47.2 Å². The van der Waals surface area contributed by atoms with Crippen LogP contribution >= 0.6 is 0 Å². The molecule has 0 bridgehead atoms. The van der Waals surface area contributed by atoms with Gasteiger partial charge in [0.2, 0.25) is 0 Å². The topological polar surface area (TPSA) is 103 Å². The Bertz CT molecular complexity index is 1130. The van der Waals surface area contributed by atoms with Crippen molar-refractivity contribution in [3.8, 4) is 0 Å². The first-order valence-electron chi connectivity index (χ1n) is 11.5. The molecule has 2 N–H and O–H groups in total. The maximum atomic E-state index is 12.8. The van der Waals surface area contributed by atoms with Crippen molar-refractivity contribution >= 4 is 27.5 Å². The van der Waals surface area contributed by atoms with Gasteiger partial charge in [0.05, 0.1) is 16.8 Å². The second-order valence-electron chi connectivity index (χ2n) is 9.21. The molecule has 0 saturated carbocycles. The zero-order chi connectivity index (χ0) is 23.6. The van der Waals surface area contributed by atoms with Gasteiger partial charge in [0.1, 0.15) is 11.4 Å². The Kier molecular flexibility index (Phi) is 6.90. The van der Waals surface area contributed by atoms with Crippen LogP contribution in [-0.2, 0) is 10.0 Å². The van der Waals surface area contributed by atoms with Crippen molar-refractivity contribution in [2.75, 3.05) is 42.3 Å². The Morgan fingerprint density at radius 1 is 1.12 bits per heavy atom. The van der Waals surface area contributed by atoms with Crippen molar-refractivity contribution in [2.24, 2.45) is 5.92 Å². The van der Waals surface area contributed by atoms with E-state index in [1.807, 2.05) is 18.7 Å². The molecule has 0 spiro atoms. The SMILES string of the molecule is Cc1ccc(S(=O)(=O)Nc2cnc(N3CCC[C@@H](CN4CCCC4)C3)c(C(=O)O)c2)cc1C. The van der Waals surface area contributed by atoms with Gasteiger partial charge >= 0.3 is 5.97 Å². The molecule has 2 saturated heterocycles. The fourth-order valence-corrected chi connectivity index (χ4v) is 5.87. The van der Waals surface area contributed by atoms with E-state index in [0.29, 0.717) is 11.7 Å². The normalized spacial score (nSPS) is 19.6. The number of hydrogen-bond donors (Lipinski definition) is 2. The van der Waals surface area contributed by atoms with Crippen molar-refractivity contribution in [2.45, 2.75) is 44.4 Å². The summed E-state index contributed by atoms with van der Waals surface area (Å²) in [6, 6.07) is 6.26. The summed E-state index contributed by atoms with van der Waals surface area (Å²) in [6.07, 6.45) is 6.02. The number of piperidine rings is 1. The lowest BCUT2D eigenvalue weighted by atomic mass is 9.97. The first-order chi connectivity index (χ1) is 15.7. The van der Waals surface area contributed by atoms with Crippen LogP contribution in [0, 0.1) is 19.8 Å². The largest absolute Gasteiger partial charge is 0.478 e. The Morgan fingerprint density at radius 2 is 1.88 bits per heavy atom. The van der Waals surface area contributed by atoms with Crippen LogP contribution in [0.25, 0.3) is 0 Å². The van der Waals surface area contributed by atoms with Gasteiger partial charge < -0.3 is 14.9 Å². The first-order valence-corrected chi connectivity index (χ1v) is 13.0. The quantitative estimate of drug-likeness (QED) is 0.636. The molecule has 2 aliphatic rings.